The Morgan fingerprint density at radius 1 is 1.24 bits per heavy atom. The van der Waals surface area contributed by atoms with Crippen molar-refractivity contribution >= 4 is 0 Å². The van der Waals surface area contributed by atoms with Gasteiger partial charge in [0.25, 0.3) is 0 Å². The highest BCUT2D eigenvalue weighted by atomic mass is 16.3. The second-order valence-electron chi connectivity index (χ2n) is 4.25. The molecule has 0 fully saturated rings. The van der Waals surface area contributed by atoms with Crippen molar-refractivity contribution in [1.82, 2.24) is 4.90 Å². The zero-order chi connectivity index (χ0) is 14.6. The lowest BCUT2D eigenvalue weighted by atomic mass is 10.1. The molecule has 2 nitrogen and oxygen atoms in total. The van der Waals surface area contributed by atoms with Crippen LogP contribution in [0.5, 0.6) is 0 Å². The summed E-state index contributed by atoms with van der Waals surface area (Å²) in [5.41, 5.74) is 1.13. The molecule has 90 valence electrons. The van der Waals surface area contributed by atoms with Gasteiger partial charge in [0.05, 0.1) is 12.8 Å². The standard InChI is InChI=1S/C15H19NO/c1-13(11-14-7-4-3-5-8-14)16(2)12-15-9-6-10-17-15/h3-10,13H,11-12H2,1-2H3/t13-/m0/s1/i2D3. The SMILES string of the molecule is [2H]C([2H])([2H])N(Cc1ccco1)[C@@H](C)Cc1ccccc1. The maximum Gasteiger partial charge on any atom is 0.117 e. The van der Waals surface area contributed by atoms with Crippen molar-refractivity contribution in [3.05, 3.63) is 60.1 Å². The predicted octanol–water partition coefficient (Wildman–Crippen LogP) is 3.34. The Labute approximate surface area is 107 Å². The lowest BCUT2D eigenvalue weighted by molar-refractivity contribution is 0.228. The third-order valence-corrected chi connectivity index (χ3v) is 2.81. The molecule has 1 aromatic heterocycles. The van der Waals surface area contributed by atoms with Gasteiger partial charge in [0.2, 0.25) is 0 Å². The molecule has 0 unspecified atom stereocenters. The lowest BCUT2D eigenvalue weighted by Gasteiger charge is -2.23. The van der Waals surface area contributed by atoms with E-state index in [1.807, 2.05) is 37.3 Å². The van der Waals surface area contributed by atoms with Crippen molar-refractivity contribution < 1.29 is 8.53 Å². The zero-order valence-electron chi connectivity index (χ0n) is 13.0. The molecule has 0 aliphatic heterocycles. The smallest absolute Gasteiger partial charge is 0.117 e. The molecular weight excluding hydrogens is 210 g/mol. The van der Waals surface area contributed by atoms with Crippen molar-refractivity contribution in [3.8, 4) is 0 Å². The Bertz CT molecular complexity index is 508. The first-order valence-corrected chi connectivity index (χ1v) is 5.80. The van der Waals surface area contributed by atoms with Crippen LogP contribution in [0.25, 0.3) is 0 Å². The molecule has 0 aliphatic carbocycles. The van der Waals surface area contributed by atoms with Gasteiger partial charge < -0.3 is 4.42 Å². The third-order valence-electron chi connectivity index (χ3n) is 2.81. The van der Waals surface area contributed by atoms with Crippen molar-refractivity contribution in [2.45, 2.75) is 25.9 Å². The van der Waals surface area contributed by atoms with Crippen LogP contribution in [0, 0.1) is 0 Å². The monoisotopic (exact) mass is 232 g/mol. The molecule has 1 heterocycles. The summed E-state index contributed by atoms with van der Waals surface area (Å²) in [6.07, 6.45) is 2.26. The first-order chi connectivity index (χ1) is 9.47. The number of furan rings is 1. The van der Waals surface area contributed by atoms with E-state index in [-0.39, 0.29) is 12.6 Å². The summed E-state index contributed by atoms with van der Waals surface area (Å²) < 4.78 is 28.4. The van der Waals surface area contributed by atoms with Crippen LogP contribution >= 0.6 is 0 Å². The van der Waals surface area contributed by atoms with Crippen LogP contribution < -0.4 is 0 Å². The molecule has 17 heavy (non-hydrogen) atoms. The van der Waals surface area contributed by atoms with Crippen LogP contribution in [0.15, 0.2) is 53.1 Å². The maximum atomic E-state index is 7.71. The van der Waals surface area contributed by atoms with Gasteiger partial charge in [0.1, 0.15) is 5.76 Å². The molecule has 0 aliphatic rings. The van der Waals surface area contributed by atoms with Gasteiger partial charge in [-0.2, -0.15) is 0 Å². The lowest BCUT2D eigenvalue weighted by Crippen LogP contribution is -2.30. The van der Waals surface area contributed by atoms with Crippen LogP contribution in [0.3, 0.4) is 0 Å². The first kappa shape index (κ1) is 8.54. The second-order valence-corrected chi connectivity index (χ2v) is 4.25. The fourth-order valence-electron chi connectivity index (χ4n) is 1.79. The molecule has 2 aromatic rings. The Morgan fingerprint density at radius 3 is 2.71 bits per heavy atom. The molecule has 0 N–H and O–H groups in total. The highest BCUT2D eigenvalue weighted by Crippen LogP contribution is 2.11. The fraction of sp³-hybridized carbons (Fsp3) is 0.333. The quantitative estimate of drug-likeness (QED) is 0.786. The van der Waals surface area contributed by atoms with Crippen molar-refractivity contribution in [1.29, 1.82) is 0 Å². The minimum Gasteiger partial charge on any atom is -0.468 e. The van der Waals surface area contributed by atoms with E-state index in [0.717, 1.165) is 5.56 Å². The van der Waals surface area contributed by atoms with E-state index in [2.05, 4.69) is 0 Å². The summed E-state index contributed by atoms with van der Waals surface area (Å²) >= 11 is 0. The number of likely N-dealkylation sites (N-methyl/N-ethyl adjacent to an activating group) is 1. The molecule has 1 aromatic carbocycles. The average Bonchev–Trinajstić information content (AvgIpc) is 2.88. The zero-order valence-corrected chi connectivity index (χ0v) is 9.97. The molecular formula is C15H19NO. The Morgan fingerprint density at radius 2 is 2.06 bits per heavy atom. The summed E-state index contributed by atoms with van der Waals surface area (Å²) in [6.45, 7) is 0.0841. The van der Waals surface area contributed by atoms with Crippen LogP contribution in [-0.2, 0) is 13.0 Å². The minimum absolute atomic E-state index is 0.102. The summed E-state index contributed by atoms with van der Waals surface area (Å²) in [7, 11) is 0. The molecule has 1 atom stereocenters. The van der Waals surface area contributed by atoms with Crippen LogP contribution in [0.1, 0.15) is 22.4 Å². The summed E-state index contributed by atoms with van der Waals surface area (Å²) in [4.78, 5) is 1.50. The van der Waals surface area contributed by atoms with E-state index in [4.69, 9.17) is 8.53 Å². The van der Waals surface area contributed by atoms with Gasteiger partial charge in [-0.3, -0.25) is 4.90 Å². The number of hydrogen-bond donors (Lipinski definition) is 0. The van der Waals surface area contributed by atoms with Gasteiger partial charge in [-0.25, -0.2) is 0 Å². The summed E-state index contributed by atoms with van der Waals surface area (Å²) in [6, 6.07) is 13.4. The van der Waals surface area contributed by atoms with E-state index in [9.17, 15) is 0 Å². The average molecular weight is 232 g/mol. The number of rotatable bonds is 5. The topological polar surface area (TPSA) is 16.4 Å². The van der Waals surface area contributed by atoms with Crippen molar-refractivity contribution in [2.75, 3.05) is 6.98 Å². The predicted molar refractivity (Wildman–Crippen MR) is 69.8 cm³/mol. The summed E-state index contributed by atoms with van der Waals surface area (Å²) in [5.74, 6) is 0.668. The van der Waals surface area contributed by atoms with Crippen LogP contribution in [0.2, 0.25) is 0 Å². The van der Waals surface area contributed by atoms with Gasteiger partial charge in [-0.1, -0.05) is 30.3 Å². The van der Waals surface area contributed by atoms with E-state index in [0.29, 0.717) is 12.2 Å². The summed E-state index contributed by atoms with van der Waals surface area (Å²) in [5, 5.41) is 0. The Kier molecular flexibility index (Phi) is 2.86. The van der Waals surface area contributed by atoms with Crippen LogP contribution in [0.4, 0.5) is 0 Å². The van der Waals surface area contributed by atoms with E-state index in [1.54, 1.807) is 18.4 Å². The molecule has 0 spiro atoms. The van der Waals surface area contributed by atoms with Crippen molar-refractivity contribution in [2.24, 2.45) is 0 Å². The van der Waals surface area contributed by atoms with E-state index >= 15 is 0 Å². The second kappa shape index (κ2) is 5.69. The van der Waals surface area contributed by atoms with Gasteiger partial charge in [0, 0.05) is 10.2 Å². The van der Waals surface area contributed by atoms with Crippen LogP contribution in [-0.4, -0.2) is 17.9 Å². The van der Waals surface area contributed by atoms with E-state index in [1.165, 1.54) is 4.90 Å². The number of nitrogens with zero attached hydrogens (tertiary/aromatic N) is 1. The van der Waals surface area contributed by atoms with Gasteiger partial charge in [-0.15, -0.1) is 0 Å². The minimum atomic E-state index is -2.14. The number of hydrogen-bond acceptors (Lipinski definition) is 2. The highest BCUT2D eigenvalue weighted by molar-refractivity contribution is 5.15. The van der Waals surface area contributed by atoms with Gasteiger partial charge in [0.15, 0.2) is 0 Å². The Balaban J connectivity index is 2.10. The third kappa shape index (κ3) is 3.46. The highest BCUT2D eigenvalue weighted by Gasteiger charge is 2.11. The molecule has 0 saturated carbocycles. The van der Waals surface area contributed by atoms with Gasteiger partial charge in [-0.05, 0) is 38.0 Å². The van der Waals surface area contributed by atoms with Crippen molar-refractivity contribution in [3.63, 3.8) is 0 Å². The molecule has 2 rings (SSSR count). The largest absolute Gasteiger partial charge is 0.468 e. The molecule has 2 heteroatoms. The molecule has 0 saturated heterocycles. The van der Waals surface area contributed by atoms with Gasteiger partial charge >= 0.3 is 0 Å². The molecule has 0 radical (unpaired) electrons. The fourth-order valence-corrected chi connectivity index (χ4v) is 1.79. The number of benzene rings is 1. The normalized spacial score (nSPS) is 16.2. The molecule has 0 bridgehead atoms. The molecule has 0 amide bonds. The first-order valence-electron chi connectivity index (χ1n) is 7.30. The maximum absolute atomic E-state index is 7.71. The Hall–Kier alpha value is -1.54. The van der Waals surface area contributed by atoms with E-state index < -0.39 is 6.98 Å².